The molecule has 7 heteroatoms. The highest BCUT2D eigenvalue weighted by atomic mass is 32.1. The minimum Gasteiger partial charge on any atom is -0.493 e. The molecule has 2 heterocycles. The van der Waals surface area contributed by atoms with Gasteiger partial charge in [0.15, 0.2) is 17.3 Å². The van der Waals surface area contributed by atoms with Crippen molar-refractivity contribution in [1.29, 1.82) is 0 Å². The summed E-state index contributed by atoms with van der Waals surface area (Å²) in [4.78, 5) is 17.8. The van der Waals surface area contributed by atoms with Crippen LogP contribution < -0.4 is 19.6 Å². The number of ether oxygens (including phenoxy) is 2. The summed E-state index contributed by atoms with van der Waals surface area (Å²) in [6, 6.07) is 13.4. The number of nitrogens with zero attached hydrogens (tertiary/aromatic N) is 3. The second-order valence-electron chi connectivity index (χ2n) is 6.00. The van der Waals surface area contributed by atoms with Gasteiger partial charge >= 0.3 is 0 Å². The summed E-state index contributed by atoms with van der Waals surface area (Å²) in [5.74, 6) is 1.74. The molecule has 0 fully saturated rings. The number of methoxy groups -OCH3 is 2. The van der Waals surface area contributed by atoms with Gasteiger partial charge in [-0.25, -0.2) is 0 Å². The third kappa shape index (κ3) is 3.06. The summed E-state index contributed by atoms with van der Waals surface area (Å²) < 4.78 is 12.6. The summed E-state index contributed by atoms with van der Waals surface area (Å²) in [5, 5.41) is 4.39. The topological polar surface area (TPSA) is 65.7 Å². The van der Waals surface area contributed by atoms with E-state index in [1.807, 2.05) is 49.4 Å². The summed E-state index contributed by atoms with van der Waals surface area (Å²) in [7, 11) is 3.15. The van der Waals surface area contributed by atoms with E-state index in [9.17, 15) is 4.79 Å². The fraction of sp³-hybridized carbons (Fsp3) is 0.150. The molecule has 0 atom stereocenters. The largest absolute Gasteiger partial charge is 0.493 e. The molecule has 2 aromatic carbocycles. The number of fused-ring (bicyclic) bond motifs is 1. The zero-order valence-electron chi connectivity index (χ0n) is 15.1. The predicted molar refractivity (Wildman–Crippen MR) is 106 cm³/mol. The van der Waals surface area contributed by atoms with Gasteiger partial charge in [0.1, 0.15) is 0 Å². The summed E-state index contributed by atoms with van der Waals surface area (Å²) >= 11 is 1.30. The summed E-state index contributed by atoms with van der Waals surface area (Å²) in [6.07, 6.45) is 1.77. The Kier molecular flexibility index (Phi) is 4.37. The smallest absolute Gasteiger partial charge is 0.291 e. The first-order valence-corrected chi connectivity index (χ1v) is 9.11. The third-order valence-electron chi connectivity index (χ3n) is 4.18. The molecular formula is C20H17N3O3S. The Balaban J connectivity index is 1.83. The minimum atomic E-state index is -0.203. The van der Waals surface area contributed by atoms with E-state index >= 15 is 0 Å². The SMILES string of the molecule is COc1cccc(C=c2sc3nc(-c4cccc(C)c4)nn3c2=O)c1OC. The first kappa shape index (κ1) is 17.2. The minimum absolute atomic E-state index is 0.203. The lowest BCUT2D eigenvalue weighted by atomic mass is 10.1. The molecule has 0 aliphatic heterocycles. The lowest BCUT2D eigenvalue weighted by Crippen LogP contribution is -2.23. The van der Waals surface area contributed by atoms with Crippen molar-refractivity contribution in [3.05, 3.63) is 68.5 Å². The molecule has 4 rings (SSSR count). The van der Waals surface area contributed by atoms with Gasteiger partial charge in [0.2, 0.25) is 4.96 Å². The van der Waals surface area contributed by atoms with Crippen LogP contribution in [0.4, 0.5) is 0 Å². The van der Waals surface area contributed by atoms with Crippen LogP contribution in [-0.2, 0) is 0 Å². The van der Waals surface area contributed by atoms with Crippen LogP contribution >= 0.6 is 11.3 Å². The van der Waals surface area contributed by atoms with E-state index in [1.165, 1.54) is 15.9 Å². The van der Waals surface area contributed by atoms with Gasteiger partial charge in [0, 0.05) is 11.1 Å². The molecule has 0 spiro atoms. The Morgan fingerprint density at radius 1 is 1.11 bits per heavy atom. The molecule has 0 saturated heterocycles. The van der Waals surface area contributed by atoms with E-state index < -0.39 is 0 Å². The maximum absolute atomic E-state index is 12.8. The monoisotopic (exact) mass is 379 g/mol. The van der Waals surface area contributed by atoms with Crippen LogP contribution in [0.2, 0.25) is 0 Å². The van der Waals surface area contributed by atoms with Crippen molar-refractivity contribution in [3.8, 4) is 22.9 Å². The molecule has 0 bridgehead atoms. The predicted octanol–water partition coefficient (Wildman–Crippen LogP) is 2.69. The number of aromatic nitrogens is 3. The van der Waals surface area contributed by atoms with Crippen molar-refractivity contribution in [2.45, 2.75) is 6.92 Å². The molecule has 0 saturated carbocycles. The molecular weight excluding hydrogens is 362 g/mol. The second-order valence-corrected chi connectivity index (χ2v) is 7.01. The highest BCUT2D eigenvalue weighted by Gasteiger charge is 2.13. The second kappa shape index (κ2) is 6.85. The number of hydrogen-bond donors (Lipinski definition) is 0. The maximum atomic E-state index is 12.8. The average Bonchev–Trinajstić information content (AvgIpc) is 3.21. The van der Waals surface area contributed by atoms with E-state index in [1.54, 1.807) is 20.3 Å². The van der Waals surface area contributed by atoms with Crippen LogP contribution in [0.1, 0.15) is 11.1 Å². The molecule has 4 aromatic rings. The summed E-state index contributed by atoms with van der Waals surface area (Å²) in [6.45, 7) is 2.01. The number of rotatable bonds is 4. The zero-order valence-corrected chi connectivity index (χ0v) is 15.9. The van der Waals surface area contributed by atoms with Gasteiger partial charge in [0.05, 0.1) is 18.8 Å². The molecule has 0 N–H and O–H groups in total. The third-order valence-corrected chi connectivity index (χ3v) is 5.14. The van der Waals surface area contributed by atoms with Gasteiger partial charge in [-0.05, 0) is 25.1 Å². The lowest BCUT2D eigenvalue weighted by molar-refractivity contribution is 0.354. The number of thiazole rings is 1. The average molecular weight is 379 g/mol. The van der Waals surface area contributed by atoms with Crippen molar-refractivity contribution < 1.29 is 9.47 Å². The van der Waals surface area contributed by atoms with Crippen molar-refractivity contribution in [2.24, 2.45) is 0 Å². The van der Waals surface area contributed by atoms with E-state index in [0.717, 1.165) is 16.7 Å². The highest BCUT2D eigenvalue weighted by molar-refractivity contribution is 7.15. The molecule has 0 aliphatic carbocycles. The van der Waals surface area contributed by atoms with Crippen molar-refractivity contribution in [2.75, 3.05) is 14.2 Å². The van der Waals surface area contributed by atoms with E-state index in [-0.39, 0.29) is 5.56 Å². The van der Waals surface area contributed by atoms with Crippen molar-refractivity contribution in [1.82, 2.24) is 14.6 Å². The maximum Gasteiger partial charge on any atom is 0.291 e. The molecule has 0 amide bonds. The van der Waals surface area contributed by atoms with Crippen molar-refractivity contribution in [3.63, 3.8) is 0 Å². The van der Waals surface area contributed by atoms with E-state index in [2.05, 4.69) is 10.1 Å². The van der Waals surface area contributed by atoms with E-state index in [4.69, 9.17) is 9.47 Å². The van der Waals surface area contributed by atoms with Crippen LogP contribution in [-0.4, -0.2) is 28.8 Å². The van der Waals surface area contributed by atoms with Crippen LogP contribution in [0, 0.1) is 6.92 Å². The van der Waals surface area contributed by atoms with Gasteiger partial charge in [-0.2, -0.15) is 9.50 Å². The van der Waals surface area contributed by atoms with Crippen LogP contribution in [0.15, 0.2) is 47.3 Å². The number of para-hydroxylation sites is 1. The first-order chi connectivity index (χ1) is 13.1. The zero-order chi connectivity index (χ0) is 19.0. The Hall–Kier alpha value is -3.19. The number of hydrogen-bond acceptors (Lipinski definition) is 6. The number of benzene rings is 2. The molecule has 0 unspecified atom stereocenters. The fourth-order valence-electron chi connectivity index (χ4n) is 2.91. The molecule has 136 valence electrons. The Morgan fingerprint density at radius 3 is 2.63 bits per heavy atom. The Bertz CT molecular complexity index is 1240. The van der Waals surface area contributed by atoms with Gasteiger partial charge in [-0.1, -0.05) is 47.2 Å². The van der Waals surface area contributed by atoms with Gasteiger partial charge in [-0.3, -0.25) is 4.79 Å². The summed E-state index contributed by atoms with van der Waals surface area (Å²) in [5.41, 5.74) is 2.57. The molecule has 0 radical (unpaired) electrons. The Labute approximate surface area is 159 Å². The van der Waals surface area contributed by atoms with Gasteiger partial charge < -0.3 is 9.47 Å². The molecule has 0 aliphatic rings. The molecule has 6 nitrogen and oxygen atoms in total. The Morgan fingerprint density at radius 2 is 1.93 bits per heavy atom. The van der Waals surface area contributed by atoms with Crippen LogP contribution in [0.25, 0.3) is 22.4 Å². The lowest BCUT2D eigenvalue weighted by Gasteiger charge is -2.09. The van der Waals surface area contributed by atoms with Crippen LogP contribution in [0.5, 0.6) is 11.5 Å². The normalized spacial score (nSPS) is 11.9. The van der Waals surface area contributed by atoms with Gasteiger partial charge in [-0.15, -0.1) is 5.10 Å². The van der Waals surface area contributed by atoms with Crippen molar-refractivity contribution >= 4 is 22.4 Å². The standard InChI is InChI=1S/C20H17N3O3S/c1-12-6-4-8-14(10-12)18-21-20-23(22-18)19(24)16(27-20)11-13-7-5-9-15(25-2)17(13)26-3/h4-11H,1-3H3. The molecule has 2 aromatic heterocycles. The number of aryl methyl sites for hydroxylation is 1. The van der Waals surface area contributed by atoms with Gasteiger partial charge in [0.25, 0.3) is 5.56 Å². The van der Waals surface area contributed by atoms with Crippen LogP contribution in [0.3, 0.4) is 0 Å². The molecule has 27 heavy (non-hydrogen) atoms. The quantitative estimate of drug-likeness (QED) is 0.545. The highest BCUT2D eigenvalue weighted by Crippen LogP contribution is 2.31. The fourth-order valence-corrected chi connectivity index (χ4v) is 3.81. The van der Waals surface area contributed by atoms with E-state index in [0.29, 0.717) is 26.8 Å². The first-order valence-electron chi connectivity index (χ1n) is 8.30.